The molecule has 3 aromatic rings. The highest BCUT2D eigenvalue weighted by Gasteiger charge is 2.12. The number of aryl methyl sites for hydroxylation is 1. The van der Waals surface area contributed by atoms with Crippen LogP contribution < -0.4 is 10.5 Å². The van der Waals surface area contributed by atoms with E-state index in [9.17, 15) is 0 Å². The molecule has 0 amide bonds. The summed E-state index contributed by atoms with van der Waals surface area (Å²) < 4.78 is 10.4. The third-order valence-electron chi connectivity index (χ3n) is 2.95. The van der Waals surface area contributed by atoms with E-state index in [-0.39, 0.29) is 0 Å². The Morgan fingerprint density at radius 3 is 2.86 bits per heavy atom. The second-order valence-electron chi connectivity index (χ2n) is 4.51. The minimum Gasteiger partial charge on any atom is -0.495 e. The summed E-state index contributed by atoms with van der Waals surface area (Å²) in [5.74, 6) is 1.66. The van der Waals surface area contributed by atoms with Gasteiger partial charge in [-0.05, 0) is 25.1 Å². The van der Waals surface area contributed by atoms with Crippen molar-refractivity contribution in [1.82, 2.24) is 15.1 Å². The highest BCUT2D eigenvalue weighted by molar-refractivity contribution is 7.09. The average molecular weight is 302 g/mol. The van der Waals surface area contributed by atoms with Gasteiger partial charge in [-0.1, -0.05) is 5.16 Å². The van der Waals surface area contributed by atoms with Crippen molar-refractivity contribution in [3.05, 3.63) is 40.1 Å². The van der Waals surface area contributed by atoms with Crippen molar-refractivity contribution in [3.8, 4) is 17.2 Å². The van der Waals surface area contributed by atoms with E-state index in [0.29, 0.717) is 29.6 Å². The summed E-state index contributed by atoms with van der Waals surface area (Å²) in [5.41, 5.74) is 8.12. The Bertz CT molecular complexity index is 766. The van der Waals surface area contributed by atoms with Crippen LogP contribution in [0.3, 0.4) is 0 Å². The molecule has 0 aliphatic heterocycles. The summed E-state index contributed by atoms with van der Waals surface area (Å²) in [5, 5.41) is 7.00. The number of nitrogens with two attached hydrogens (primary N) is 1. The molecule has 2 N–H and O–H groups in total. The van der Waals surface area contributed by atoms with Crippen LogP contribution in [-0.4, -0.2) is 22.2 Å². The first-order valence-electron chi connectivity index (χ1n) is 6.33. The first-order valence-corrected chi connectivity index (χ1v) is 7.21. The van der Waals surface area contributed by atoms with Gasteiger partial charge in [0.2, 0.25) is 0 Å². The molecule has 0 saturated heterocycles. The molecule has 0 radical (unpaired) electrons. The Balaban J connectivity index is 1.82. The Morgan fingerprint density at radius 1 is 1.33 bits per heavy atom. The minimum atomic E-state index is 0.436. The Hall–Kier alpha value is -2.41. The number of hydrogen-bond acceptors (Lipinski definition) is 7. The normalized spacial score (nSPS) is 10.8. The third-order valence-corrected chi connectivity index (χ3v) is 3.77. The van der Waals surface area contributed by atoms with Crippen molar-refractivity contribution in [3.63, 3.8) is 0 Å². The van der Waals surface area contributed by atoms with Gasteiger partial charge in [-0.3, -0.25) is 0 Å². The lowest BCUT2D eigenvalue weighted by molar-refractivity contribution is 0.416. The molecular formula is C14H14N4O2S. The molecule has 3 rings (SSSR count). The van der Waals surface area contributed by atoms with E-state index >= 15 is 0 Å². The second kappa shape index (κ2) is 5.53. The summed E-state index contributed by atoms with van der Waals surface area (Å²) in [4.78, 5) is 8.76. The molecule has 2 aromatic heterocycles. The van der Waals surface area contributed by atoms with Crippen LogP contribution in [0.4, 0.5) is 5.69 Å². The molecule has 21 heavy (non-hydrogen) atoms. The maximum absolute atomic E-state index is 5.88. The molecule has 1 aromatic carbocycles. The number of ether oxygens (including phenoxy) is 1. The van der Waals surface area contributed by atoms with Gasteiger partial charge >= 0.3 is 0 Å². The van der Waals surface area contributed by atoms with E-state index < -0.39 is 0 Å². The molecule has 0 aliphatic rings. The van der Waals surface area contributed by atoms with Gasteiger partial charge in [0.15, 0.2) is 5.82 Å². The summed E-state index contributed by atoms with van der Waals surface area (Å²) in [6, 6.07) is 5.36. The maximum Gasteiger partial charge on any atom is 0.258 e. The van der Waals surface area contributed by atoms with Crippen LogP contribution in [0.25, 0.3) is 11.5 Å². The molecule has 0 atom stereocenters. The number of anilines is 1. The van der Waals surface area contributed by atoms with Gasteiger partial charge in [-0.2, -0.15) is 4.98 Å². The Kier molecular flexibility index (Phi) is 3.57. The summed E-state index contributed by atoms with van der Waals surface area (Å²) in [6.07, 6.45) is 0.555. The third kappa shape index (κ3) is 2.87. The number of thiazole rings is 1. The van der Waals surface area contributed by atoms with E-state index in [1.165, 1.54) is 0 Å². The molecular weight excluding hydrogens is 288 g/mol. The van der Waals surface area contributed by atoms with Crippen molar-refractivity contribution < 1.29 is 9.26 Å². The monoisotopic (exact) mass is 302 g/mol. The Labute approximate surface area is 125 Å². The molecule has 108 valence electrons. The number of hydrogen-bond donors (Lipinski definition) is 1. The van der Waals surface area contributed by atoms with Crippen molar-refractivity contribution >= 4 is 17.0 Å². The molecule has 7 heteroatoms. The number of nitrogens with zero attached hydrogens (tertiary/aromatic N) is 3. The van der Waals surface area contributed by atoms with Crippen molar-refractivity contribution in [2.75, 3.05) is 12.8 Å². The molecule has 0 aliphatic carbocycles. The van der Waals surface area contributed by atoms with E-state index in [1.54, 1.807) is 30.6 Å². The lowest BCUT2D eigenvalue weighted by atomic mass is 10.2. The summed E-state index contributed by atoms with van der Waals surface area (Å²) >= 11 is 1.61. The lowest BCUT2D eigenvalue weighted by Crippen LogP contribution is -1.93. The van der Waals surface area contributed by atoms with Crippen molar-refractivity contribution in [1.29, 1.82) is 0 Å². The zero-order valence-electron chi connectivity index (χ0n) is 11.7. The molecule has 0 unspecified atom stereocenters. The van der Waals surface area contributed by atoms with Gasteiger partial charge in [0.1, 0.15) is 5.75 Å². The highest BCUT2D eigenvalue weighted by atomic mass is 32.1. The van der Waals surface area contributed by atoms with Crippen molar-refractivity contribution in [2.24, 2.45) is 0 Å². The van der Waals surface area contributed by atoms with Crippen LogP contribution in [0.2, 0.25) is 0 Å². The molecule has 2 heterocycles. The van der Waals surface area contributed by atoms with Gasteiger partial charge in [0.25, 0.3) is 5.89 Å². The van der Waals surface area contributed by atoms with Crippen LogP contribution in [-0.2, 0) is 6.42 Å². The SMILES string of the molecule is COc1ccc(-c2nc(Cc3csc(C)n3)no2)cc1N. The van der Waals surface area contributed by atoms with Gasteiger partial charge in [0.05, 0.1) is 29.9 Å². The van der Waals surface area contributed by atoms with E-state index in [2.05, 4.69) is 15.1 Å². The number of rotatable bonds is 4. The number of nitrogen functional groups attached to an aromatic ring is 1. The largest absolute Gasteiger partial charge is 0.495 e. The average Bonchev–Trinajstić information content (AvgIpc) is 3.08. The zero-order chi connectivity index (χ0) is 14.8. The molecule has 0 bridgehead atoms. The van der Waals surface area contributed by atoms with Gasteiger partial charge in [-0.15, -0.1) is 11.3 Å². The first-order chi connectivity index (χ1) is 10.2. The quantitative estimate of drug-likeness (QED) is 0.746. The van der Waals surface area contributed by atoms with Gasteiger partial charge in [0, 0.05) is 10.9 Å². The zero-order valence-corrected chi connectivity index (χ0v) is 12.5. The lowest BCUT2D eigenvalue weighted by Gasteiger charge is -2.04. The van der Waals surface area contributed by atoms with E-state index in [1.807, 2.05) is 18.4 Å². The van der Waals surface area contributed by atoms with Crippen LogP contribution >= 0.6 is 11.3 Å². The molecule has 0 spiro atoms. The molecule has 6 nitrogen and oxygen atoms in total. The van der Waals surface area contributed by atoms with Crippen LogP contribution in [0, 0.1) is 6.92 Å². The number of methoxy groups -OCH3 is 1. The summed E-state index contributed by atoms with van der Waals surface area (Å²) in [6.45, 7) is 1.97. The maximum atomic E-state index is 5.88. The predicted octanol–water partition coefficient (Wildman–Crippen LogP) is 2.68. The fourth-order valence-corrected chi connectivity index (χ4v) is 2.57. The van der Waals surface area contributed by atoms with Crippen molar-refractivity contribution in [2.45, 2.75) is 13.3 Å². The second-order valence-corrected chi connectivity index (χ2v) is 5.57. The van der Waals surface area contributed by atoms with Gasteiger partial charge < -0.3 is 15.0 Å². The van der Waals surface area contributed by atoms with Gasteiger partial charge in [-0.25, -0.2) is 4.98 Å². The fourth-order valence-electron chi connectivity index (χ4n) is 1.96. The Morgan fingerprint density at radius 2 is 2.19 bits per heavy atom. The van der Waals surface area contributed by atoms with Crippen LogP contribution in [0.5, 0.6) is 5.75 Å². The van der Waals surface area contributed by atoms with Crippen LogP contribution in [0.15, 0.2) is 28.1 Å². The minimum absolute atomic E-state index is 0.436. The predicted molar refractivity (Wildman–Crippen MR) is 80.4 cm³/mol. The first kappa shape index (κ1) is 13.6. The number of benzene rings is 1. The smallest absolute Gasteiger partial charge is 0.258 e. The number of aromatic nitrogens is 3. The topological polar surface area (TPSA) is 87.1 Å². The van der Waals surface area contributed by atoms with Crippen LogP contribution in [0.1, 0.15) is 16.5 Å². The summed E-state index contributed by atoms with van der Waals surface area (Å²) in [7, 11) is 1.58. The molecule has 0 fully saturated rings. The van der Waals surface area contributed by atoms with E-state index in [4.69, 9.17) is 15.0 Å². The fraction of sp³-hybridized carbons (Fsp3) is 0.214. The standard InChI is InChI=1S/C14H14N4O2S/c1-8-16-10(7-21-8)6-13-17-14(20-18-13)9-3-4-12(19-2)11(15)5-9/h3-5,7H,6,15H2,1-2H3. The highest BCUT2D eigenvalue weighted by Crippen LogP contribution is 2.27. The molecule has 0 saturated carbocycles. The van der Waals surface area contributed by atoms with E-state index in [0.717, 1.165) is 16.3 Å².